The minimum atomic E-state index is -0.586. The maximum atomic E-state index is 11.5. The number of rotatable bonds is 2. The summed E-state index contributed by atoms with van der Waals surface area (Å²) in [7, 11) is 1.27. The Balaban J connectivity index is 1.71. The Morgan fingerprint density at radius 3 is 2.80 bits per heavy atom. The first-order chi connectivity index (χ1) is 12.0. The van der Waals surface area contributed by atoms with Crippen LogP contribution in [0.25, 0.3) is 0 Å². The largest absolute Gasteiger partial charge is 0.507 e. The van der Waals surface area contributed by atoms with E-state index >= 15 is 0 Å². The number of nitrogens with two attached hydrogens (primary N) is 1. The van der Waals surface area contributed by atoms with Crippen molar-refractivity contribution in [3.63, 3.8) is 0 Å². The lowest BCUT2D eigenvalue weighted by Gasteiger charge is -2.31. The predicted molar refractivity (Wildman–Crippen MR) is 101 cm³/mol. The fraction of sp³-hybridized carbons (Fsp3) is 0.222. The van der Waals surface area contributed by atoms with Crippen LogP contribution in [-0.2, 0) is 17.7 Å². The third kappa shape index (κ3) is 3.66. The molecule has 2 aromatic rings. The lowest BCUT2D eigenvalue weighted by atomic mass is 9.99. The second-order valence-corrected chi connectivity index (χ2v) is 6.24. The quantitative estimate of drug-likeness (QED) is 0.432. The number of methoxy groups -OCH3 is 1. The standard InChI is InChI=1S/C18H19N3O3S/c1-24-17(23)15-5-4-14(9-16(15)22)20-18(25)21-7-6-11-2-3-13(19)8-12(11)10-21/h2-5,8-9,22H,6-7,10,19H2,1H3,(H,20,25). The number of nitrogens with one attached hydrogen (secondary N) is 1. The van der Waals surface area contributed by atoms with Crippen LogP contribution in [0.3, 0.4) is 0 Å². The van der Waals surface area contributed by atoms with Gasteiger partial charge in [0.25, 0.3) is 0 Å². The van der Waals surface area contributed by atoms with Crippen molar-refractivity contribution in [3.8, 4) is 5.75 Å². The highest BCUT2D eigenvalue weighted by atomic mass is 32.1. The number of phenols is 1. The summed E-state index contributed by atoms with van der Waals surface area (Å²) in [4.78, 5) is 13.6. The summed E-state index contributed by atoms with van der Waals surface area (Å²) in [5.41, 5.74) is 9.77. The third-order valence-electron chi connectivity index (χ3n) is 4.18. The number of benzene rings is 2. The molecule has 0 saturated carbocycles. The molecule has 0 unspecified atom stereocenters. The second-order valence-electron chi connectivity index (χ2n) is 5.85. The van der Waals surface area contributed by atoms with Gasteiger partial charge < -0.3 is 25.8 Å². The minimum Gasteiger partial charge on any atom is -0.507 e. The number of nitrogens with zero attached hydrogens (tertiary/aromatic N) is 1. The van der Waals surface area contributed by atoms with Gasteiger partial charge in [-0.05, 0) is 54.0 Å². The van der Waals surface area contributed by atoms with Crippen LogP contribution in [0, 0.1) is 0 Å². The van der Waals surface area contributed by atoms with Crippen molar-refractivity contribution in [1.82, 2.24) is 4.90 Å². The van der Waals surface area contributed by atoms with Crippen molar-refractivity contribution in [2.75, 3.05) is 24.7 Å². The Morgan fingerprint density at radius 2 is 2.08 bits per heavy atom. The number of nitrogen functional groups attached to an aromatic ring is 1. The maximum Gasteiger partial charge on any atom is 0.341 e. The van der Waals surface area contributed by atoms with Crippen LogP contribution in [0.1, 0.15) is 21.5 Å². The number of hydrogen-bond donors (Lipinski definition) is 3. The number of fused-ring (bicyclic) bond motifs is 1. The van der Waals surface area contributed by atoms with Crippen molar-refractivity contribution < 1.29 is 14.6 Å². The monoisotopic (exact) mass is 357 g/mol. The van der Waals surface area contributed by atoms with Crippen molar-refractivity contribution >= 4 is 34.7 Å². The van der Waals surface area contributed by atoms with Crippen LogP contribution in [0.4, 0.5) is 11.4 Å². The van der Waals surface area contributed by atoms with Crippen molar-refractivity contribution in [3.05, 3.63) is 53.1 Å². The van der Waals surface area contributed by atoms with Crippen LogP contribution in [-0.4, -0.2) is 34.7 Å². The fourth-order valence-corrected chi connectivity index (χ4v) is 3.12. The number of hydrogen-bond acceptors (Lipinski definition) is 5. The molecule has 130 valence electrons. The fourth-order valence-electron chi connectivity index (χ4n) is 2.84. The molecule has 4 N–H and O–H groups in total. The van der Waals surface area contributed by atoms with E-state index < -0.39 is 5.97 Å². The molecule has 0 bridgehead atoms. The molecule has 1 aliphatic heterocycles. The number of thiocarbonyl (C=S) groups is 1. The van der Waals surface area contributed by atoms with Gasteiger partial charge >= 0.3 is 5.97 Å². The molecule has 0 amide bonds. The highest BCUT2D eigenvalue weighted by molar-refractivity contribution is 7.80. The van der Waals surface area contributed by atoms with E-state index in [1.54, 1.807) is 6.07 Å². The SMILES string of the molecule is COC(=O)c1ccc(NC(=S)N2CCc3ccc(N)cc3C2)cc1O. The maximum absolute atomic E-state index is 11.5. The molecule has 6 nitrogen and oxygen atoms in total. The Kier molecular flexibility index (Phi) is 4.76. The number of aromatic hydroxyl groups is 1. The number of anilines is 2. The zero-order valence-electron chi connectivity index (χ0n) is 13.8. The highest BCUT2D eigenvalue weighted by Gasteiger charge is 2.19. The van der Waals surface area contributed by atoms with Crippen LogP contribution in [0.5, 0.6) is 5.75 Å². The molecule has 3 rings (SSSR count). The van der Waals surface area contributed by atoms with Gasteiger partial charge in [-0.1, -0.05) is 6.07 Å². The molecular weight excluding hydrogens is 338 g/mol. The van der Waals surface area contributed by atoms with E-state index in [4.69, 9.17) is 18.0 Å². The first-order valence-electron chi connectivity index (χ1n) is 7.82. The first-order valence-corrected chi connectivity index (χ1v) is 8.23. The van der Waals surface area contributed by atoms with Gasteiger partial charge in [0.05, 0.1) is 7.11 Å². The van der Waals surface area contributed by atoms with E-state index in [9.17, 15) is 9.90 Å². The topological polar surface area (TPSA) is 87.8 Å². The Hall–Kier alpha value is -2.80. The van der Waals surface area contributed by atoms with Crippen molar-refractivity contribution in [1.29, 1.82) is 0 Å². The van der Waals surface area contributed by atoms with Crippen LogP contribution in [0.2, 0.25) is 0 Å². The minimum absolute atomic E-state index is 0.112. The van der Waals surface area contributed by atoms with Gasteiger partial charge in [0, 0.05) is 30.5 Å². The molecule has 7 heteroatoms. The second kappa shape index (κ2) is 6.98. The zero-order chi connectivity index (χ0) is 18.0. The van der Waals surface area contributed by atoms with Gasteiger partial charge in [-0.2, -0.15) is 0 Å². The predicted octanol–water partition coefficient (Wildman–Crippen LogP) is 2.52. The van der Waals surface area contributed by atoms with E-state index in [2.05, 4.69) is 16.1 Å². The smallest absolute Gasteiger partial charge is 0.341 e. The zero-order valence-corrected chi connectivity index (χ0v) is 14.6. The molecule has 0 atom stereocenters. The van der Waals surface area contributed by atoms with Crippen LogP contribution in [0.15, 0.2) is 36.4 Å². The lowest BCUT2D eigenvalue weighted by molar-refractivity contribution is 0.0597. The van der Waals surface area contributed by atoms with E-state index in [-0.39, 0.29) is 11.3 Å². The number of carbonyl (C=O) groups is 1. The number of ether oxygens (including phenoxy) is 1. The average Bonchev–Trinajstić information content (AvgIpc) is 2.60. The molecule has 0 radical (unpaired) electrons. The van der Waals surface area contributed by atoms with Crippen LogP contribution < -0.4 is 11.1 Å². The molecule has 25 heavy (non-hydrogen) atoms. The van der Waals surface area contributed by atoms with E-state index in [1.807, 2.05) is 17.0 Å². The van der Waals surface area contributed by atoms with E-state index in [1.165, 1.54) is 30.4 Å². The van der Waals surface area contributed by atoms with E-state index in [0.29, 0.717) is 17.3 Å². The molecule has 1 heterocycles. The molecule has 0 aromatic heterocycles. The summed E-state index contributed by atoms with van der Waals surface area (Å²) in [6.45, 7) is 1.48. The normalized spacial score (nSPS) is 13.1. The van der Waals surface area contributed by atoms with Crippen molar-refractivity contribution in [2.24, 2.45) is 0 Å². The summed E-state index contributed by atoms with van der Waals surface area (Å²) >= 11 is 5.48. The Bertz CT molecular complexity index is 838. The molecule has 0 fully saturated rings. The molecule has 0 spiro atoms. The van der Waals surface area contributed by atoms with Gasteiger partial charge in [-0.3, -0.25) is 0 Å². The molecule has 0 saturated heterocycles. The Morgan fingerprint density at radius 1 is 1.28 bits per heavy atom. The van der Waals surface area contributed by atoms with Gasteiger partial charge in [0.2, 0.25) is 0 Å². The number of phenolic OH excluding ortho intramolecular Hbond substituents is 1. The molecule has 0 aliphatic carbocycles. The third-order valence-corrected chi connectivity index (χ3v) is 4.54. The number of esters is 1. The van der Waals surface area contributed by atoms with E-state index in [0.717, 1.165) is 18.7 Å². The van der Waals surface area contributed by atoms with Gasteiger partial charge in [-0.25, -0.2) is 4.79 Å². The summed E-state index contributed by atoms with van der Waals surface area (Å²) < 4.78 is 4.61. The van der Waals surface area contributed by atoms with Crippen molar-refractivity contribution in [2.45, 2.75) is 13.0 Å². The van der Waals surface area contributed by atoms with Gasteiger partial charge in [0.15, 0.2) is 5.11 Å². The highest BCUT2D eigenvalue weighted by Crippen LogP contribution is 2.25. The lowest BCUT2D eigenvalue weighted by Crippen LogP contribution is -2.38. The molecular formula is C18H19N3O3S. The number of carbonyl (C=O) groups excluding carboxylic acids is 1. The molecule has 1 aliphatic rings. The summed E-state index contributed by atoms with van der Waals surface area (Å²) in [5.74, 6) is -0.742. The summed E-state index contributed by atoms with van der Waals surface area (Å²) in [6.07, 6.45) is 0.893. The summed E-state index contributed by atoms with van der Waals surface area (Å²) in [6, 6.07) is 10.6. The summed E-state index contributed by atoms with van der Waals surface area (Å²) in [5, 5.41) is 13.6. The average molecular weight is 357 g/mol. The van der Waals surface area contributed by atoms with Gasteiger partial charge in [0.1, 0.15) is 11.3 Å². The van der Waals surface area contributed by atoms with Gasteiger partial charge in [-0.15, -0.1) is 0 Å². The van der Waals surface area contributed by atoms with Crippen LogP contribution >= 0.6 is 12.2 Å². The first kappa shape index (κ1) is 17.0. The Labute approximate surface area is 151 Å². The molecule has 2 aromatic carbocycles.